The maximum absolute atomic E-state index is 10.5. The highest BCUT2D eigenvalue weighted by atomic mass is 35.5. The Balaban J connectivity index is 2.09. The second kappa shape index (κ2) is 6.78. The van der Waals surface area contributed by atoms with Gasteiger partial charge in [-0.05, 0) is 36.1 Å². The second-order valence-electron chi connectivity index (χ2n) is 4.57. The van der Waals surface area contributed by atoms with Gasteiger partial charge in [0.1, 0.15) is 0 Å². The first kappa shape index (κ1) is 14.9. The van der Waals surface area contributed by atoms with E-state index in [0.717, 1.165) is 23.1 Å². The third-order valence-corrected chi connectivity index (χ3v) is 3.60. The molecule has 0 aliphatic rings. The molecule has 0 amide bonds. The fourth-order valence-corrected chi connectivity index (χ4v) is 2.54. The second-order valence-corrected chi connectivity index (χ2v) is 5.41. The molecule has 2 nitrogen and oxygen atoms in total. The molecular weight excluding hydrogens is 295 g/mol. The van der Waals surface area contributed by atoms with Gasteiger partial charge in [-0.3, -0.25) is 4.79 Å². The number of aryl methyl sites for hydroxylation is 1. The first-order chi connectivity index (χ1) is 9.56. The number of hydrogen-bond donors (Lipinski definition) is 1. The zero-order valence-corrected chi connectivity index (χ0v) is 12.3. The van der Waals surface area contributed by atoms with Crippen LogP contribution in [0.25, 0.3) is 11.1 Å². The van der Waals surface area contributed by atoms with Crippen molar-refractivity contribution in [3.63, 3.8) is 0 Å². The van der Waals surface area contributed by atoms with Gasteiger partial charge in [0.05, 0.1) is 0 Å². The van der Waals surface area contributed by atoms with Gasteiger partial charge in [0.2, 0.25) is 0 Å². The number of hydrogen-bond acceptors (Lipinski definition) is 1. The molecule has 1 N–H and O–H groups in total. The molecule has 0 radical (unpaired) electrons. The van der Waals surface area contributed by atoms with E-state index in [1.807, 2.05) is 36.4 Å². The highest BCUT2D eigenvalue weighted by molar-refractivity contribution is 6.36. The molecule has 0 atom stereocenters. The number of halogens is 2. The van der Waals surface area contributed by atoms with Gasteiger partial charge in [0, 0.05) is 22.0 Å². The quantitative estimate of drug-likeness (QED) is 0.837. The van der Waals surface area contributed by atoms with Gasteiger partial charge in [-0.25, -0.2) is 0 Å². The lowest BCUT2D eigenvalue weighted by Crippen LogP contribution is -1.95. The predicted octanol–water partition coefficient (Wildman–Crippen LogP) is 5.07. The maximum Gasteiger partial charge on any atom is 0.303 e. The lowest BCUT2D eigenvalue weighted by Gasteiger charge is -2.06. The zero-order valence-electron chi connectivity index (χ0n) is 10.8. The molecule has 0 saturated carbocycles. The van der Waals surface area contributed by atoms with Crippen LogP contribution < -0.4 is 0 Å². The van der Waals surface area contributed by atoms with Crippen molar-refractivity contribution in [2.24, 2.45) is 0 Å². The summed E-state index contributed by atoms with van der Waals surface area (Å²) in [4.78, 5) is 10.5. The van der Waals surface area contributed by atoms with Gasteiger partial charge < -0.3 is 5.11 Å². The molecule has 0 aromatic heterocycles. The minimum Gasteiger partial charge on any atom is -0.481 e. The van der Waals surface area contributed by atoms with Crippen molar-refractivity contribution in [3.05, 3.63) is 58.1 Å². The van der Waals surface area contributed by atoms with Crippen LogP contribution in [0.1, 0.15) is 18.4 Å². The molecule has 2 rings (SSSR count). The average molecular weight is 309 g/mol. The fraction of sp³-hybridized carbons (Fsp3) is 0.188. The van der Waals surface area contributed by atoms with Crippen molar-refractivity contribution in [2.45, 2.75) is 19.3 Å². The predicted molar refractivity (Wildman–Crippen MR) is 82.5 cm³/mol. The summed E-state index contributed by atoms with van der Waals surface area (Å²) in [6, 6.07) is 13.4. The number of carboxylic acids is 1. The highest BCUT2D eigenvalue weighted by Crippen LogP contribution is 2.30. The third kappa shape index (κ3) is 3.99. The monoisotopic (exact) mass is 308 g/mol. The summed E-state index contributed by atoms with van der Waals surface area (Å²) in [6.45, 7) is 0. The van der Waals surface area contributed by atoms with E-state index in [2.05, 4.69) is 0 Å². The maximum atomic E-state index is 10.5. The standard InChI is InChI=1S/C16H14Cl2O2/c17-13-8-9-14(15(18)10-13)12-6-4-11(5-7-12)2-1-3-16(19)20/h4-10H,1-3H2,(H,19,20). The van der Waals surface area contributed by atoms with Crippen LogP contribution in [-0.2, 0) is 11.2 Å². The van der Waals surface area contributed by atoms with Crippen molar-refractivity contribution < 1.29 is 9.90 Å². The third-order valence-electron chi connectivity index (χ3n) is 3.05. The molecular formula is C16H14Cl2O2. The number of aliphatic carboxylic acids is 1. The van der Waals surface area contributed by atoms with Crippen molar-refractivity contribution in [1.29, 1.82) is 0 Å². The average Bonchev–Trinajstić information content (AvgIpc) is 2.39. The summed E-state index contributed by atoms with van der Waals surface area (Å²) in [5.74, 6) is -0.755. The van der Waals surface area contributed by atoms with Crippen LogP contribution >= 0.6 is 23.2 Å². The van der Waals surface area contributed by atoms with Crippen LogP contribution in [0.2, 0.25) is 10.0 Å². The number of carbonyl (C=O) groups is 1. The van der Waals surface area contributed by atoms with Crippen LogP contribution in [0.15, 0.2) is 42.5 Å². The number of carboxylic acid groups (broad SMARTS) is 1. The van der Waals surface area contributed by atoms with Gasteiger partial charge in [0.15, 0.2) is 0 Å². The highest BCUT2D eigenvalue weighted by Gasteiger charge is 2.04. The molecule has 4 heteroatoms. The van der Waals surface area contributed by atoms with E-state index in [4.69, 9.17) is 28.3 Å². The molecule has 0 aliphatic heterocycles. The van der Waals surface area contributed by atoms with Gasteiger partial charge in [-0.1, -0.05) is 53.5 Å². The van der Waals surface area contributed by atoms with Crippen LogP contribution in [0.5, 0.6) is 0 Å². The molecule has 2 aromatic carbocycles. The molecule has 104 valence electrons. The Kier molecular flexibility index (Phi) is 5.05. The summed E-state index contributed by atoms with van der Waals surface area (Å²) < 4.78 is 0. The van der Waals surface area contributed by atoms with E-state index < -0.39 is 5.97 Å². The van der Waals surface area contributed by atoms with Crippen LogP contribution in [0, 0.1) is 0 Å². The smallest absolute Gasteiger partial charge is 0.303 e. The van der Waals surface area contributed by atoms with Crippen molar-refractivity contribution in [2.75, 3.05) is 0 Å². The lowest BCUT2D eigenvalue weighted by molar-refractivity contribution is -0.137. The Morgan fingerprint density at radius 1 is 1.05 bits per heavy atom. The molecule has 0 spiro atoms. The van der Waals surface area contributed by atoms with E-state index in [-0.39, 0.29) is 6.42 Å². The zero-order chi connectivity index (χ0) is 14.5. The summed E-state index contributed by atoms with van der Waals surface area (Å²) in [7, 11) is 0. The van der Waals surface area contributed by atoms with Crippen molar-refractivity contribution in [3.8, 4) is 11.1 Å². The van der Waals surface area contributed by atoms with E-state index in [1.165, 1.54) is 0 Å². The van der Waals surface area contributed by atoms with Crippen molar-refractivity contribution in [1.82, 2.24) is 0 Å². The molecule has 20 heavy (non-hydrogen) atoms. The van der Waals surface area contributed by atoms with Gasteiger partial charge in [-0.2, -0.15) is 0 Å². The van der Waals surface area contributed by atoms with Crippen LogP contribution in [0.3, 0.4) is 0 Å². The first-order valence-corrected chi connectivity index (χ1v) is 7.08. The Morgan fingerprint density at radius 3 is 2.35 bits per heavy atom. The van der Waals surface area contributed by atoms with E-state index >= 15 is 0 Å². The largest absolute Gasteiger partial charge is 0.481 e. The lowest BCUT2D eigenvalue weighted by atomic mass is 10.0. The van der Waals surface area contributed by atoms with Gasteiger partial charge >= 0.3 is 5.97 Å². The van der Waals surface area contributed by atoms with Crippen LogP contribution in [-0.4, -0.2) is 11.1 Å². The first-order valence-electron chi connectivity index (χ1n) is 6.32. The molecule has 2 aromatic rings. The Bertz CT molecular complexity index is 606. The van der Waals surface area contributed by atoms with E-state index in [1.54, 1.807) is 6.07 Å². The normalized spacial score (nSPS) is 10.5. The van der Waals surface area contributed by atoms with Gasteiger partial charge in [-0.15, -0.1) is 0 Å². The van der Waals surface area contributed by atoms with E-state index in [9.17, 15) is 4.79 Å². The molecule has 0 fully saturated rings. The summed E-state index contributed by atoms with van der Waals surface area (Å²) in [5.41, 5.74) is 3.09. The SMILES string of the molecule is O=C(O)CCCc1ccc(-c2ccc(Cl)cc2Cl)cc1. The van der Waals surface area contributed by atoms with Crippen molar-refractivity contribution >= 4 is 29.2 Å². The summed E-state index contributed by atoms with van der Waals surface area (Å²) >= 11 is 12.1. The minimum absolute atomic E-state index is 0.199. The summed E-state index contributed by atoms with van der Waals surface area (Å²) in [5, 5.41) is 9.85. The Hall–Kier alpha value is -1.51. The number of benzene rings is 2. The molecule has 0 unspecified atom stereocenters. The Morgan fingerprint density at radius 2 is 1.75 bits per heavy atom. The van der Waals surface area contributed by atoms with Gasteiger partial charge in [0.25, 0.3) is 0 Å². The van der Waals surface area contributed by atoms with Crippen LogP contribution in [0.4, 0.5) is 0 Å². The molecule has 0 saturated heterocycles. The molecule has 0 bridgehead atoms. The molecule has 0 heterocycles. The summed E-state index contributed by atoms with van der Waals surface area (Å²) in [6.07, 6.45) is 1.61. The van der Waals surface area contributed by atoms with E-state index in [0.29, 0.717) is 16.5 Å². The topological polar surface area (TPSA) is 37.3 Å². The Labute approximate surface area is 128 Å². The molecule has 0 aliphatic carbocycles. The number of rotatable bonds is 5. The fourth-order valence-electron chi connectivity index (χ4n) is 2.02. The minimum atomic E-state index is -0.755.